The van der Waals surface area contributed by atoms with Crippen molar-refractivity contribution < 1.29 is 5.11 Å². The van der Waals surface area contributed by atoms with Crippen LogP contribution in [-0.2, 0) is 13.2 Å². The highest BCUT2D eigenvalue weighted by Crippen LogP contribution is 2.34. The molecule has 1 saturated heterocycles. The van der Waals surface area contributed by atoms with E-state index in [1.165, 1.54) is 18.7 Å². The van der Waals surface area contributed by atoms with Gasteiger partial charge in [0.25, 0.3) is 0 Å². The second-order valence-corrected chi connectivity index (χ2v) is 6.23. The molecule has 1 fully saturated rings. The summed E-state index contributed by atoms with van der Waals surface area (Å²) in [5.41, 5.74) is 2.77. The SMILES string of the molecule is CC(C)(C)C1CN(Cc2ccc(CO)cc2)C1. The highest BCUT2D eigenvalue weighted by molar-refractivity contribution is 5.22. The minimum atomic E-state index is 0.135. The van der Waals surface area contributed by atoms with Crippen LogP contribution >= 0.6 is 0 Å². The predicted octanol–water partition coefficient (Wildman–Crippen LogP) is 2.66. The minimum absolute atomic E-state index is 0.135. The largest absolute Gasteiger partial charge is 0.392 e. The molecule has 0 bridgehead atoms. The maximum Gasteiger partial charge on any atom is 0.0681 e. The number of aliphatic hydroxyl groups is 1. The van der Waals surface area contributed by atoms with Gasteiger partial charge >= 0.3 is 0 Å². The fraction of sp³-hybridized carbons (Fsp3) is 0.600. The first kappa shape index (κ1) is 12.6. The zero-order valence-electron chi connectivity index (χ0n) is 11.1. The Kier molecular flexibility index (Phi) is 3.55. The van der Waals surface area contributed by atoms with Gasteiger partial charge in [-0.3, -0.25) is 4.90 Å². The Bertz CT molecular complexity index is 358. The van der Waals surface area contributed by atoms with Crippen molar-refractivity contribution in [2.24, 2.45) is 11.3 Å². The second-order valence-electron chi connectivity index (χ2n) is 6.23. The van der Waals surface area contributed by atoms with Crippen LogP contribution in [0.25, 0.3) is 0 Å². The van der Waals surface area contributed by atoms with E-state index < -0.39 is 0 Å². The fourth-order valence-electron chi connectivity index (χ4n) is 2.25. The molecule has 2 rings (SSSR count). The van der Waals surface area contributed by atoms with E-state index in [0.717, 1.165) is 18.0 Å². The highest BCUT2D eigenvalue weighted by Gasteiger charge is 2.35. The summed E-state index contributed by atoms with van der Waals surface area (Å²) >= 11 is 0. The molecule has 1 aromatic carbocycles. The molecule has 17 heavy (non-hydrogen) atoms. The Balaban J connectivity index is 1.83. The van der Waals surface area contributed by atoms with Crippen molar-refractivity contribution >= 4 is 0 Å². The average Bonchev–Trinajstić information content (AvgIpc) is 2.22. The summed E-state index contributed by atoms with van der Waals surface area (Å²) in [5.74, 6) is 0.833. The molecule has 94 valence electrons. The first-order valence-corrected chi connectivity index (χ1v) is 6.40. The summed E-state index contributed by atoms with van der Waals surface area (Å²) in [5, 5.41) is 8.98. The molecule has 0 aliphatic carbocycles. The lowest BCUT2D eigenvalue weighted by molar-refractivity contribution is 0.0189. The van der Waals surface area contributed by atoms with Crippen LogP contribution in [0.3, 0.4) is 0 Å². The Morgan fingerprint density at radius 2 is 1.65 bits per heavy atom. The molecule has 1 aromatic rings. The number of likely N-dealkylation sites (tertiary alicyclic amines) is 1. The molecule has 2 heteroatoms. The van der Waals surface area contributed by atoms with Crippen molar-refractivity contribution in [3.63, 3.8) is 0 Å². The molecule has 0 amide bonds. The molecular weight excluding hydrogens is 210 g/mol. The lowest BCUT2D eigenvalue weighted by Crippen LogP contribution is -2.51. The van der Waals surface area contributed by atoms with Crippen LogP contribution in [-0.4, -0.2) is 23.1 Å². The van der Waals surface area contributed by atoms with E-state index in [2.05, 4.69) is 37.8 Å². The van der Waals surface area contributed by atoms with Crippen LogP contribution in [0.15, 0.2) is 24.3 Å². The van der Waals surface area contributed by atoms with Crippen LogP contribution in [0, 0.1) is 11.3 Å². The Morgan fingerprint density at radius 3 is 2.12 bits per heavy atom. The van der Waals surface area contributed by atoms with E-state index in [9.17, 15) is 0 Å². The summed E-state index contributed by atoms with van der Waals surface area (Å²) in [6.07, 6.45) is 0. The van der Waals surface area contributed by atoms with Crippen molar-refractivity contribution in [1.29, 1.82) is 0 Å². The lowest BCUT2D eigenvalue weighted by Gasteiger charge is -2.46. The van der Waals surface area contributed by atoms with Crippen LogP contribution in [0.4, 0.5) is 0 Å². The standard InChI is InChI=1S/C15H23NO/c1-15(2,3)14-9-16(10-14)8-12-4-6-13(11-17)7-5-12/h4-7,14,17H,8-11H2,1-3H3. The van der Waals surface area contributed by atoms with Gasteiger partial charge in [-0.05, 0) is 22.5 Å². The van der Waals surface area contributed by atoms with Crippen molar-refractivity contribution in [1.82, 2.24) is 4.90 Å². The minimum Gasteiger partial charge on any atom is -0.392 e. The summed E-state index contributed by atoms with van der Waals surface area (Å²) in [6, 6.07) is 8.26. The summed E-state index contributed by atoms with van der Waals surface area (Å²) in [7, 11) is 0. The van der Waals surface area contributed by atoms with Gasteiger partial charge in [0.15, 0.2) is 0 Å². The van der Waals surface area contributed by atoms with Crippen LogP contribution < -0.4 is 0 Å². The average molecular weight is 233 g/mol. The number of hydrogen-bond donors (Lipinski definition) is 1. The molecule has 0 radical (unpaired) electrons. The third-order valence-corrected chi connectivity index (χ3v) is 3.79. The molecule has 0 aromatic heterocycles. The molecule has 1 aliphatic heterocycles. The highest BCUT2D eigenvalue weighted by atomic mass is 16.3. The van der Waals surface area contributed by atoms with Crippen LogP contribution in [0.1, 0.15) is 31.9 Å². The number of benzene rings is 1. The van der Waals surface area contributed by atoms with Gasteiger partial charge in [0, 0.05) is 19.6 Å². The maximum absolute atomic E-state index is 8.98. The van der Waals surface area contributed by atoms with E-state index in [1.54, 1.807) is 0 Å². The quantitative estimate of drug-likeness (QED) is 0.867. The number of nitrogens with zero attached hydrogens (tertiary/aromatic N) is 1. The lowest BCUT2D eigenvalue weighted by atomic mass is 9.76. The third kappa shape index (κ3) is 3.08. The molecular formula is C15H23NO. The zero-order chi connectivity index (χ0) is 12.5. The molecule has 1 N–H and O–H groups in total. The van der Waals surface area contributed by atoms with Crippen LogP contribution in [0.2, 0.25) is 0 Å². The van der Waals surface area contributed by atoms with Crippen molar-refractivity contribution in [3.8, 4) is 0 Å². The van der Waals surface area contributed by atoms with Gasteiger partial charge in [-0.25, -0.2) is 0 Å². The van der Waals surface area contributed by atoms with Crippen molar-refractivity contribution in [2.45, 2.75) is 33.9 Å². The molecule has 0 atom stereocenters. The predicted molar refractivity (Wildman–Crippen MR) is 70.6 cm³/mol. The molecule has 0 unspecified atom stereocenters. The molecule has 2 nitrogen and oxygen atoms in total. The number of rotatable bonds is 3. The van der Waals surface area contributed by atoms with Gasteiger partial charge < -0.3 is 5.11 Å². The summed E-state index contributed by atoms with van der Waals surface area (Å²) < 4.78 is 0. The monoisotopic (exact) mass is 233 g/mol. The normalized spacial score (nSPS) is 18.1. The fourth-order valence-corrected chi connectivity index (χ4v) is 2.25. The van der Waals surface area contributed by atoms with Gasteiger partial charge in [-0.1, -0.05) is 45.0 Å². The van der Waals surface area contributed by atoms with Gasteiger partial charge in [0.1, 0.15) is 0 Å². The topological polar surface area (TPSA) is 23.5 Å². The first-order valence-electron chi connectivity index (χ1n) is 6.40. The van der Waals surface area contributed by atoms with E-state index >= 15 is 0 Å². The number of hydrogen-bond acceptors (Lipinski definition) is 2. The summed E-state index contributed by atoms with van der Waals surface area (Å²) in [6.45, 7) is 10.6. The van der Waals surface area contributed by atoms with E-state index in [0.29, 0.717) is 5.41 Å². The molecule has 1 aliphatic rings. The first-order chi connectivity index (χ1) is 7.99. The Morgan fingerprint density at radius 1 is 1.12 bits per heavy atom. The second kappa shape index (κ2) is 4.79. The van der Waals surface area contributed by atoms with E-state index in [1.807, 2.05) is 12.1 Å². The molecule has 0 spiro atoms. The molecule has 0 saturated carbocycles. The number of aliphatic hydroxyl groups excluding tert-OH is 1. The van der Waals surface area contributed by atoms with Gasteiger partial charge in [-0.2, -0.15) is 0 Å². The Labute approximate surface area is 104 Å². The van der Waals surface area contributed by atoms with E-state index in [-0.39, 0.29) is 6.61 Å². The van der Waals surface area contributed by atoms with Crippen molar-refractivity contribution in [2.75, 3.05) is 13.1 Å². The van der Waals surface area contributed by atoms with Gasteiger partial charge in [-0.15, -0.1) is 0 Å². The third-order valence-electron chi connectivity index (χ3n) is 3.79. The summed E-state index contributed by atoms with van der Waals surface area (Å²) in [4.78, 5) is 2.49. The zero-order valence-corrected chi connectivity index (χ0v) is 11.1. The maximum atomic E-state index is 8.98. The van der Waals surface area contributed by atoms with E-state index in [4.69, 9.17) is 5.11 Å². The smallest absolute Gasteiger partial charge is 0.0681 e. The van der Waals surface area contributed by atoms with Gasteiger partial charge in [0.05, 0.1) is 6.61 Å². The molecule has 1 heterocycles. The Hall–Kier alpha value is -0.860. The van der Waals surface area contributed by atoms with Crippen molar-refractivity contribution in [3.05, 3.63) is 35.4 Å². The van der Waals surface area contributed by atoms with Gasteiger partial charge in [0.2, 0.25) is 0 Å². The van der Waals surface area contributed by atoms with Crippen LogP contribution in [0.5, 0.6) is 0 Å².